The van der Waals surface area contributed by atoms with Crippen molar-refractivity contribution >= 4 is 37.8 Å². The molecular weight excluding hydrogens is 574 g/mol. The predicted octanol–water partition coefficient (Wildman–Crippen LogP) is 4.74. The molecular formula is C29H26F2N2O6S2. The molecule has 1 saturated heterocycles. The van der Waals surface area contributed by atoms with Crippen LogP contribution in [-0.4, -0.2) is 56.0 Å². The van der Waals surface area contributed by atoms with Crippen LogP contribution in [0.25, 0.3) is 0 Å². The number of ether oxygens (including phenoxy) is 2. The van der Waals surface area contributed by atoms with Gasteiger partial charge in [0.05, 0.1) is 12.0 Å². The number of likely N-dealkylation sites (tertiary alicyclic amines) is 1. The van der Waals surface area contributed by atoms with Crippen LogP contribution in [0.3, 0.4) is 0 Å². The fraction of sp³-hybridized carbons (Fsp3) is 0.207. The van der Waals surface area contributed by atoms with Gasteiger partial charge in [-0.2, -0.15) is 0 Å². The number of rotatable bonds is 11. The Labute approximate surface area is 240 Å². The first-order valence-corrected chi connectivity index (χ1v) is 15.1. The number of amides is 1. The normalized spacial score (nSPS) is 17.7. The average molecular weight is 601 g/mol. The summed E-state index contributed by atoms with van der Waals surface area (Å²) in [4.78, 5) is 31.8. The van der Waals surface area contributed by atoms with Crippen molar-refractivity contribution in [1.82, 2.24) is 4.90 Å². The summed E-state index contributed by atoms with van der Waals surface area (Å²) >= 11 is 0. The molecule has 8 nitrogen and oxygen atoms in total. The molecule has 1 aliphatic rings. The molecule has 0 aromatic heterocycles. The van der Waals surface area contributed by atoms with Crippen molar-refractivity contribution in [3.8, 4) is 5.75 Å². The Morgan fingerprint density at radius 2 is 1.73 bits per heavy atom. The molecule has 0 spiro atoms. The van der Waals surface area contributed by atoms with E-state index in [1.165, 1.54) is 26.2 Å². The standard InChI is InChI=1S/C29H26F2N2O6S2/c1-18(2)26(29(35)39-17-19-9-11-23(38-3)12-10-19)33-27(34)25(32-16-20-13-21(30)15-22(31)14-20)28(33)40-41(36,37)24-7-5-4-6-8-24/h4-16,25-26,28H,1,17H2,2-3H3. The molecule has 12 heteroatoms. The molecule has 1 fully saturated rings. The highest BCUT2D eigenvalue weighted by atomic mass is 33.1. The molecule has 3 atom stereocenters. The van der Waals surface area contributed by atoms with Gasteiger partial charge in [-0.1, -0.05) is 36.9 Å². The van der Waals surface area contributed by atoms with Crippen LogP contribution in [0.4, 0.5) is 8.78 Å². The van der Waals surface area contributed by atoms with Gasteiger partial charge >= 0.3 is 5.97 Å². The van der Waals surface area contributed by atoms with Crippen molar-refractivity contribution in [2.75, 3.05) is 7.11 Å². The maximum Gasteiger partial charge on any atom is 0.333 e. The lowest BCUT2D eigenvalue weighted by Crippen LogP contribution is -2.67. The maximum absolute atomic E-state index is 13.7. The summed E-state index contributed by atoms with van der Waals surface area (Å²) in [6, 6.07) is 14.5. The molecule has 41 heavy (non-hydrogen) atoms. The Morgan fingerprint density at radius 1 is 1.10 bits per heavy atom. The minimum Gasteiger partial charge on any atom is -0.497 e. The van der Waals surface area contributed by atoms with Crippen LogP contribution in [0.15, 0.2) is 94.8 Å². The molecule has 0 aliphatic carbocycles. The van der Waals surface area contributed by atoms with E-state index in [1.54, 1.807) is 42.5 Å². The third-order valence-corrected chi connectivity index (χ3v) is 9.80. The Morgan fingerprint density at radius 3 is 2.32 bits per heavy atom. The Kier molecular flexibility index (Phi) is 9.24. The predicted molar refractivity (Wildman–Crippen MR) is 151 cm³/mol. The number of aliphatic imine (C=N–C) groups is 1. The fourth-order valence-electron chi connectivity index (χ4n) is 4.08. The van der Waals surface area contributed by atoms with Gasteiger partial charge in [0.1, 0.15) is 29.4 Å². The fourth-order valence-corrected chi connectivity index (χ4v) is 7.59. The van der Waals surface area contributed by atoms with E-state index in [-0.39, 0.29) is 22.6 Å². The zero-order valence-electron chi connectivity index (χ0n) is 22.1. The molecule has 3 aromatic rings. The van der Waals surface area contributed by atoms with Gasteiger partial charge in [-0.3, -0.25) is 9.79 Å². The molecule has 0 saturated carbocycles. The number of β-lactam (4-membered cyclic amide) rings is 1. The summed E-state index contributed by atoms with van der Waals surface area (Å²) in [6.45, 7) is 5.24. The van der Waals surface area contributed by atoms with Gasteiger partial charge < -0.3 is 14.4 Å². The van der Waals surface area contributed by atoms with Crippen LogP contribution in [0.2, 0.25) is 0 Å². The summed E-state index contributed by atoms with van der Waals surface area (Å²) in [5.41, 5.74) is 0.950. The molecule has 4 rings (SSSR count). The van der Waals surface area contributed by atoms with Gasteiger partial charge in [0.2, 0.25) is 8.87 Å². The molecule has 214 valence electrons. The first-order valence-electron chi connectivity index (χ1n) is 12.2. The first-order chi connectivity index (χ1) is 19.5. The van der Waals surface area contributed by atoms with Gasteiger partial charge in [-0.05, 0) is 60.0 Å². The summed E-state index contributed by atoms with van der Waals surface area (Å²) in [7, 11) is -2.06. The lowest BCUT2D eigenvalue weighted by atomic mass is 9.99. The number of esters is 1. The second-order valence-corrected chi connectivity index (χ2v) is 13.1. The second-order valence-electron chi connectivity index (χ2n) is 9.13. The monoisotopic (exact) mass is 600 g/mol. The third kappa shape index (κ3) is 7.01. The molecule has 3 aromatic carbocycles. The molecule has 1 amide bonds. The van der Waals surface area contributed by atoms with E-state index in [9.17, 15) is 26.8 Å². The summed E-state index contributed by atoms with van der Waals surface area (Å²) < 4.78 is 64.4. The van der Waals surface area contributed by atoms with Crippen molar-refractivity contribution in [1.29, 1.82) is 0 Å². The number of carbonyl (C=O) groups excluding carboxylic acids is 2. The zero-order valence-corrected chi connectivity index (χ0v) is 23.7. The van der Waals surface area contributed by atoms with Gasteiger partial charge in [-0.25, -0.2) is 22.0 Å². The van der Waals surface area contributed by atoms with Crippen LogP contribution < -0.4 is 4.74 Å². The summed E-state index contributed by atoms with van der Waals surface area (Å²) in [6.07, 6.45) is 1.09. The van der Waals surface area contributed by atoms with Crippen LogP contribution in [0.1, 0.15) is 18.1 Å². The number of halogens is 2. The van der Waals surface area contributed by atoms with Crippen LogP contribution in [0.5, 0.6) is 5.75 Å². The lowest BCUT2D eigenvalue weighted by molar-refractivity contribution is -0.161. The molecule has 1 aliphatic heterocycles. The molecule has 1 heterocycles. The van der Waals surface area contributed by atoms with Gasteiger partial charge in [0.25, 0.3) is 5.91 Å². The van der Waals surface area contributed by atoms with Crippen molar-refractivity contribution in [3.63, 3.8) is 0 Å². The SMILES string of the molecule is C=C(C)C(C(=O)OCc1ccc(OC)cc1)N1C(=O)C(N=Cc2cc(F)cc(F)c2)C1SS(=O)(=O)c1ccccc1. The van der Waals surface area contributed by atoms with E-state index in [0.717, 1.165) is 23.2 Å². The summed E-state index contributed by atoms with van der Waals surface area (Å²) in [5, 5.41) is -1.17. The Balaban J connectivity index is 1.61. The highest BCUT2D eigenvalue weighted by Crippen LogP contribution is 2.41. The van der Waals surface area contributed by atoms with Gasteiger partial charge in [0, 0.05) is 23.1 Å². The molecule has 3 unspecified atom stereocenters. The van der Waals surface area contributed by atoms with E-state index >= 15 is 0 Å². The Bertz CT molecular complexity index is 1560. The van der Waals surface area contributed by atoms with Crippen LogP contribution >= 0.6 is 10.8 Å². The number of benzene rings is 3. The number of hydrogen-bond acceptors (Lipinski definition) is 8. The number of carbonyl (C=O) groups is 2. The zero-order chi connectivity index (χ0) is 29.7. The van der Waals surface area contributed by atoms with Crippen LogP contribution in [0, 0.1) is 11.6 Å². The van der Waals surface area contributed by atoms with Crippen molar-refractivity contribution in [2.24, 2.45) is 4.99 Å². The second kappa shape index (κ2) is 12.6. The minimum absolute atomic E-state index is 0.00631. The lowest BCUT2D eigenvalue weighted by Gasteiger charge is -2.47. The topological polar surface area (TPSA) is 102 Å². The average Bonchev–Trinajstić information content (AvgIpc) is 2.94. The third-order valence-electron chi connectivity index (χ3n) is 6.09. The van der Waals surface area contributed by atoms with E-state index in [0.29, 0.717) is 28.2 Å². The van der Waals surface area contributed by atoms with E-state index in [1.807, 2.05) is 0 Å². The molecule has 0 bridgehead atoms. The highest BCUT2D eigenvalue weighted by Gasteiger charge is 2.55. The maximum atomic E-state index is 13.7. The Hall–Kier alpha value is -4.03. The number of hydrogen-bond donors (Lipinski definition) is 0. The molecule has 0 N–H and O–H groups in total. The van der Waals surface area contributed by atoms with Crippen molar-refractivity contribution in [3.05, 3.63) is 108 Å². The summed E-state index contributed by atoms with van der Waals surface area (Å²) in [5.74, 6) is -2.54. The van der Waals surface area contributed by atoms with E-state index < -0.39 is 49.8 Å². The quantitative estimate of drug-likeness (QED) is 0.103. The molecule has 0 radical (unpaired) electrons. The van der Waals surface area contributed by atoms with E-state index in [2.05, 4.69) is 11.6 Å². The van der Waals surface area contributed by atoms with Crippen molar-refractivity contribution in [2.45, 2.75) is 35.9 Å². The highest BCUT2D eigenvalue weighted by molar-refractivity contribution is 8.72. The van der Waals surface area contributed by atoms with E-state index in [4.69, 9.17) is 9.47 Å². The minimum atomic E-state index is -4.02. The first kappa shape index (κ1) is 29.9. The number of nitrogens with zero attached hydrogens (tertiary/aromatic N) is 2. The van der Waals surface area contributed by atoms with Crippen molar-refractivity contribution < 1.29 is 36.3 Å². The number of methoxy groups -OCH3 is 1. The van der Waals surface area contributed by atoms with Crippen LogP contribution in [-0.2, 0) is 29.8 Å². The van der Waals surface area contributed by atoms with Gasteiger partial charge in [0.15, 0.2) is 12.1 Å². The largest absolute Gasteiger partial charge is 0.497 e. The smallest absolute Gasteiger partial charge is 0.333 e. The van der Waals surface area contributed by atoms with Gasteiger partial charge in [-0.15, -0.1) is 0 Å².